The molecule has 0 radical (unpaired) electrons. The predicted octanol–water partition coefficient (Wildman–Crippen LogP) is -0.0703. The smallest absolute Gasteiger partial charge is 0.430 e. The number of benzene rings is 1. The minimum absolute atomic E-state index is 0.262. The first kappa shape index (κ1) is 19.4. The van der Waals surface area contributed by atoms with Crippen LogP contribution in [0.15, 0.2) is 30.3 Å². The Labute approximate surface area is 148 Å². The van der Waals surface area contributed by atoms with Crippen molar-refractivity contribution in [1.29, 1.82) is 0 Å². The van der Waals surface area contributed by atoms with Crippen LogP contribution in [0.5, 0.6) is 0 Å². The molecule has 1 aliphatic carbocycles. The molecule has 1 fully saturated rings. The van der Waals surface area contributed by atoms with Crippen molar-refractivity contribution in [2.45, 2.75) is 44.9 Å². The molecule has 0 spiro atoms. The summed E-state index contributed by atoms with van der Waals surface area (Å²) in [5.74, 6) is -0.610. The first-order valence-electron chi connectivity index (χ1n) is 8.68. The molecule has 1 aromatic rings. The summed E-state index contributed by atoms with van der Waals surface area (Å²) in [6.45, 7) is 0.850. The van der Waals surface area contributed by atoms with Gasteiger partial charge in [0.15, 0.2) is 0 Å². The van der Waals surface area contributed by atoms with Gasteiger partial charge >= 0.3 is 7.69 Å². The van der Waals surface area contributed by atoms with E-state index in [0.29, 0.717) is 38.8 Å². The van der Waals surface area contributed by atoms with Crippen molar-refractivity contribution in [3.05, 3.63) is 35.9 Å². The molecule has 25 heavy (non-hydrogen) atoms. The van der Waals surface area contributed by atoms with Gasteiger partial charge in [0.2, 0.25) is 11.8 Å². The largest absolute Gasteiger partial charge is 0.436 e. The van der Waals surface area contributed by atoms with Gasteiger partial charge in [-0.2, -0.15) is 0 Å². The van der Waals surface area contributed by atoms with Crippen LogP contribution in [0.25, 0.3) is 0 Å². The molecule has 1 saturated carbocycles. The number of nitrogens with two attached hydrogens (primary N) is 1. The lowest BCUT2D eigenvalue weighted by atomic mass is 9.67. The van der Waals surface area contributed by atoms with E-state index < -0.39 is 19.3 Å². The Balaban J connectivity index is 1.95. The van der Waals surface area contributed by atoms with E-state index in [4.69, 9.17) is 15.4 Å². The summed E-state index contributed by atoms with van der Waals surface area (Å²) in [5, 5.41) is 14.6. The molecule has 8 heteroatoms. The molecule has 7 nitrogen and oxygen atoms in total. The highest BCUT2D eigenvalue weighted by Gasteiger charge is 2.51. The topological polar surface area (TPSA) is 114 Å². The van der Waals surface area contributed by atoms with Crippen molar-refractivity contribution in [3.8, 4) is 0 Å². The minimum atomic E-state index is -1.05. The van der Waals surface area contributed by atoms with Gasteiger partial charge in [-0.15, -0.1) is 0 Å². The van der Waals surface area contributed by atoms with Crippen LogP contribution in [-0.4, -0.2) is 37.3 Å². The number of nitrogens with one attached hydrogen (secondary N) is 2. The molecule has 1 aromatic carbocycles. The molecular weight excluding hydrogens is 321 g/mol. The van der Waals surface area contributed by atoms with E-state index in [-0.39, 0.29) is 11.8 Å². The summed E-state index contributed by atoms with van der Waals surface area (Å²) in [4.78, 5) is 25.3. The highest BCUT2D eigenvalue weighted by atomic mass is 16.5. The zero-order chi connectivity index (χ0) is 18.1. The fourth-order valence-electron chi connectivity index (χ4n) is 2.91. The van der Waals surface area contributed by atoms with E-state index in [0.717, 1.165) is 12.0 Å². The van der Waals surface area contributed by atoms with Crippen molar-refractivity contribution >= 4 is 19.5 Å². The number of amides is 2. The van der Waals surface area contributed by atoms with Gasteiger partial charge in [-0.05, 0) is 37.8 Å². The fraction of sp³-hybridized carbons (Fsp3) is 0.529. The minimum Gasteiger partial charge on any atom is -0.430 e. The normalized spacial score (nSPS) is 16.4. The van der Waals surface area contributed by atoms with Gasteiger partial charge in [-0.3, -0.25) is 9.59 Å². The van der Waals surface area contributed by atoms with Crippen LogP contribution in [0.1, 0.15) is 37.7 Å². The molecule has 0 saturated heterocycles. The second kappa shape index (κ2) is 9.55. The third-order valence-electron chi connectivity index (χ3n) is 4.61. The van der Waals surface area contributed by atoms with Crippen LogP contribution in [0.4, 0.5) is 0 Å². The molecule has 1 atom stereocenters. The molecule has 136 valence electrons. The van der Waals surface area contributed by atoms with Crippen LogP contribution >= 0.6 is 0 Å². The average molecular weight is 347 g/mol. The van der Waals surface area contributed by atoms with Gasteiger partial charge < -0.3 is 26.0 Å². The molecular formula is C17H26BN3O4. The predicted molar refractivity (Wildman–Crippen MR) is 95.2 cm³/mol. The highest BCUT2D eigenvalue weighted by molar-refractivity contribution is 6.16. The molecule has 0 unspecified atom stereocenters. The van der Waals surface area contributed by atoms with Gasteiger partial charge in [-0.1, -0.05) is 36.8 Å². The standard InChI is InChI=1S/C17H26BN3O4/c19-11-4-8-14(25-18-24)21-16(23)17(9-5-10-17)15(22)20-12-13-6-2-1-3-7-13/h1-3,6-7,14,18,24H,4-5,8-12,19H2,(H,20,22)(H,21,23)/t14-/m1/s1. The van der Waals surface area contributed by atoms with E-state index >= 15 is 0 Å². The van der Waals surface area contributed by atoms with E-state index in [1.807, 2.05) is 30.3 Å². The summed E-state index contributed by atoms with van der Waals surface area (Å²) in [6, 6.07) is 9.56. The Kier molecular flexibility index (Phi) is 7.42. The summed E-state index contributed by atoms with van der Waals surface area (Å²) in [6.07, 6.45) is 2.37. The maximum absolute atomic E-state index is 12.7. The van der Waals surface area contributed by atoms with Crippen LogP contribution in [0.2, 0.25) is 0 Å². The van der Waals surface area contributed by atoms with Crippen LogP contribution in [0.3, 0.4) is 0 Å². The quantitative estimate of drug-likeness (QED) is 0.269. The maximum atomic E-state index is 12.7. The van der Waals surface area contributed by atoms with Crippen molar-refractivity contribution < 1.29 is 19.3 Å². The third-order valence-corrected chi connectivity index (χ3v) is 4.61. The van der Waals surface area contributed by atoms with E-state index in [9.17, 15) is 9.59 Å². The number of carbonyl (C=O) groups is 2. The van der Waals surface area contributed by atoms with Gasteiger partial charge in [0.25, 0.3) is 0 Å². The summed E-state index contributed by atoms with van der Waals surface area (Å²) in [7, 11) is -0.497. The molecule has 5 N–H and O–H groups in total. The van der Waals surface area contributed by atoms with Crippen molar-refractivity contribution in [1.82, 2.24) is 10.6 Å². The number of hydrogen-bond acceptors (Lipinski definition) is 5. The monoisotopic (exact) mass is 347 g/mol. The van der Waals surface area contributed by atoms with Crippen molar-refractivity contribution in [2.24, 2.45) is 11.1 Å². The lowest BCUT2D eigenvalue weighted by molar-refractivity contribution is -0.151. The summed E-state index contributed by atoms with van der Waals surface area (Å²) < 4.78 is 5.12. The van der Waals surface area contributed by atoms with Crippen molar-refractivity contribution in [2.75, 3.05) is 6.54 Å². The Morgan fingerprint density at radius 3 is 2.56 bits per heavy atom. The van der Waals surface area contributed by atoms with Gasteiger partial charge in [0, 0.05) is 6.54 Å². The molecule has 0 aliphatic heterocycles. The van der Waals surface area contributed by atoms with Crippen LogP contribution in [-0.2, 0) is 20.8 Å². The van der Waals surface area contributed by atoms with Crippen LogP contribution in [0, 0.1) is 5.41 Å². The Morgan fingerprint density at radius 2 is 2.00 bits per heavy atom. The van der Waals surface area contributed by atoms with Gasteiger partial charge in [-0.25, -0.2) is 0 Å². The number of rotatable bonds is 10. The number of carbonyl (C=O) groups excluding carboxylic acids is 2. The van der Waals surface area contributed by atoms with E-state index in [1.165, 1.54) is 0 Å². The lowest BCUT2D eigenvalue weighted by Crippen LogP contribution is -2.57. The van der Waals surface area contributed by atoms with E-state index in [1.54, 1.807) is 0 Å². The molecule has 1 aliphatic rings. The highest BCUT2D eigenvalue weighted by Crippen LogP contribution is 2.41. The molecule has 0 aromatic heterocycles. The van der Waals surface area contributed by atoms with Crippen molar-refractivity contribution in [3.63, 3.8) is 0 Å². The molecule has 2 amide bonds. The first-order chi connectivity index (χ1) is 12.1. The number of hydrogen-bond donors (Lipinski definition) is 4. The molecule has 2 rings (SSSR count). The second-order valence-corrected chi connectivity index (χ2v) is 6.29. The Morgan fingerprint density at radius 1 is 1.28 bits per heavy atom. The second-order valence-electron chi connectivity index (χ2n) is 6.29. The van der Waals surface area contributed by atoms with E-state index in [2.05, 4.69) is 10.6 Å². The maximum Gasteiger partial charge on any atom is 0.436 e. The zero-order valence-electron chi connectivity index (χ0n) is 14.4. The average Bonchev–Trinajstić information content (AvgIpc) is 2.58. The Hall–Kier alpha value is -1.90. The molecule has 0 heterocycles. The van der Waals surface area contributed by atoms with Crippen LogP contribution < -0.4 is 16.4 Å². The summed E-state index contributed by atoms with van der Waals surface area (Å²) >= 11 is 0. The summed E-state index contributed by atoms with van der Waals surface area (Å²) in [5.41, 5.74) is 5.41. The van der Waals surface area contributed by atoms with Gasteiger partial charge in [0.1, 0.15) is 11.6 Å². The van der Waals surface area contributed by atoms with Gasteiger partial charge in [0.05, 0.1) is 0 Å². The molecule has 0 bridgehead atoms. The Bertz CT molecular complexity index is 566. The first-order valence-corrected chi connectivity index (χ1v) is 8.68. The third kappa shape index (κ3) is 5.04. The fourth-order valence-corrected chi connectivity index (χ4v) is 2.91. The SMILES string of the molecule is NCCC[C@H](NC(=O)C1(C(=O)NCc2ccccc2)CCC1)OBO. The zero-order valence-corrected chi connectivity index (χ0v) is 14.4. The lowest BCUT2D eigenvalue weighted by Gasteiger charge is -2.39.